The molecule has 0 fully saturated rings. The molecule has 0 unspecified atom stereocenters. The van der Waals surface area contributed by atoms with Crippen LogP contribution in [0.5, 0.6) is 0 Å². The molecule has 0 aliphatic rings. The molecule has 2 aromatic heterocycles. The van der Waals surface area contributed by atoms with Crippen LogP contribution in [-0.4, -0.2) is 31.3 Å². The van der Waals surface area contributed by atoms with Crippen LogP contribution in [-0.2, 0) is 4.79 Å². The summed E-state index contributed by atoms with van der Waals surface area (Å²) in [5.74, 6) is 0.633. The van der Waals surface area contributed by atoms with Gasteiger partial charge in [0.2, 0.25) is 11.7 Å². The Balaban J connectivity index is 1.55. The molecule has 156 valence electrons. The molecule has 0 bridgehead atoms. The van der Waals surface area contributed by atoms with Crippen molar-refractivity contribution in [1.29, 1.82) is 0 Å². The van der Waals surface area contributed by atoms with Crippen molar-refractivity contribution in [3.63, 3.8) is 0 Å². The van der Waals surface area contributed by atoms with Crippen molar-refractivity contribution < 1.29 is 14.1 Å². The SMILES string of the molecule is O=C(CSc1nnc(-c2ccco2)n1-c1ccccc1)Nc1cc([N+](=O)[O-])ccc1Cl. The molecule has 0 radical (unpaired) electrons. The van der Waals surface area contributed by atoms with E-state index in [0.717, 1.165) is 17.4 Å². The quantitative estimate of drug-likeness (QED) is 0.241. The van der Waals surface area contributed by atoms with Crippen LogP contribution >= 0.6 is 23.4 Å². The van der Waals surface area contributed by atoms with Crippen molar-refractivity contribution in [3.8, 4) is 17.3 Å². The summed E-state index contributed by atoms with van der Waals surface area (Å²) in [7, 11) is 0. The van der Waals surface area contributed by atoms with E-state index in [-0.39, 0.29) is 22.2 Å². The van der Waals surface area contributed by atoms with E-state index < -0.39 is 10.8 Å². The van der Waals surface area contributed by atoms with Crippen LogP contribution in [0, 0.1) is 10.1 Å². The second-order valence-corrected chi connectivity index (χ2v) is 7.56. The van der Waals surface area contributed by atoms with Gasteiger partial charge < -0.3 is 9.73 Å². The minimum Gasteiger partial charge on any atom is -0.461 e. The number of halogens is 1. The van der Waals surface area contributed by atoms with E-state index in [1.807, 2.05) is 30.3 Å². The zero-order valence-corrected chi connectivity index (χ0v) is 17.3. The molecule has 0 saturated carbocycles. The summed E-state index contributed by atoms with van der Waals surface area (Å²) in [4.78, 5) is 22.9. The number of thioether (sulfide) groups is 1. The predicted molar refractivity (Wildman–Crippen MR) is 117 cm³/mol. The third kappa shape index (κ3) is 4.60. The molecule has 0 saturated heterocycles. The number of carbonyl (C=O) groups excluding carboxylic acids is 1. The summed E-state index contributed by atoms with van der Waals surface area (Å²) in [6.07, 6.45) is 1.54. The Kier molecular flexibility index (Phi) is 6.01. The van der Waals surface area contributed by atoms with Gasteiger partial charge in [-0.15, -0.1) is 10.2 Å². The lowest BCUT2D eigenvalue weighted by atomic mass is 10.3. The summed E-state index contributed by atoms with van der Waals surface area (Å²) < 4.78 is 7.25. The highest BCUT2D eigenvalue weighted by molar-refractivity contribution is 7.99. The summed E-state index contributed by atoms with van der Waals surface area (Å²) in [6.45, 7) is 0. The lowest BCUT2D eigenvalue weighted by molar-refractivity contribution is -0.384. The minimum atomic E-state index is -0.556. The lowest BCUT2D eigenvalue weighted by Crippen LogP contribution is -2.15. The summed E-state index contributed by atoms with van der Waals surface area (Å²) in [5, 5.41) is 22.7. The van der Waals surface area contributed by atoms with E-state index >= 15 is 0 Å². The van der Waals surface area contributed by atoms with Crippen LogP contribution in [0.15, 0.2) is 76.5 Å². The maximum absolute atomic E-state index is 12.5. The highest BCUT2D eigenvalue weighted by atomic mass is 35.5. The van der Waals surface area contributed by atoms with Gasteiger partial charge in [0.1, 0.15) is 0 Å². The molecule has 1 N–H and O–H groups in total. The second kappa shape index (κ2) is 9.02. The first kappa shape index (κ1) is 20.6. The molecular formula is C20H14ClN5O4S. The maximum Gasteiger partial charge on any atom is 0.271 e. The fourth-order valence-corrected chi connectivity index (χ4v) is 3.69. The number of anilines is 1. The van der Waals surface area contributed by atoms with Crippen LogP contribution in [0.1, 0.15) is 0 Å². The molecule has 31 heavy (non-hydrogen) atoms. The predicted octanol–water partition coefficient (Wildman–Crippen LogP) is 4.82. The topological polar surface area (TPSA) is 116 Å². The molecule has 0 atom stereocenters. The Morgan fingerprint density at radius 2 is 1.97 bits per heavy atom. The van der Waals surface area contributed by atoms with Gasteiger partial charge in [0.05, 0.1) is 27.6 Å². The zero-order chi connectivity index (χ0) is 21.8. The Bertz CT molecular complexity index is 1230. The third-order valence-corrected chi connectivity index (χ3v) is 5.42. The summed E-state index contributed by atoms with van der Waals surface area (Å²) in [6, 6.07) is 16.8. The lowest BCUT2D eigenvalue weighted by Gasteiger charge is -2.10. The largest absolute Gasteiger partial charge is 0.461 e. The van der Waals surface area contributed by atoms with Gasteiger partial charge in [-0.3, -0.25) is 19.5 Å². The first-order valence-electron chi connectivity index (χ1n) is 8.94. The Morgan fingerprint density at radius 3 is 2.68 bits per heavy atom. The summed E-state index contributed by atoms with van der Waals surface area (Å²) >= 11 is 7.21. The molecule has 0 spiro atoms. The highest BCUT2D eigenvalue weighted by Gasteiger charge is 2.19. The first-order chi connectivity index (χ1) is 15.0. The monoisotopic (exact) mass is 455 g/mol. The normalized spacial score (nSPS) is 10.7. The number of para-hydroxylation sites is 1. The average molecular weight is 456 g/mol. The molecule has 4 aromatic rings. The van der Waals surface area contributed by atoms with Crippen molar-refractivity contribution in [2.75, 3.05) is 11.1 Å². The maximum atomic E-state index is 12.5. The zero-order valence-electron chi connectivity index (χ0n) is 15.8. The molecule has 1 amide bonds. The van der Waals surface area contributed by atoms with Crippen molar-refractivity contribution >= 4 is 40.6 Å². The van der Waals surface area contributed by atoms with Crippen LogP contribution < -0.4 is 5.32 Å². The van der Waals surface area contributed by atoms with Gasteiger partial charge in [0, 0.05) is 17.8 Å². The molecular weight excluding hydrogens is 442 g/mol. The van der Waals surface area contributed by atoms with Gasteiger partial charge in [-0.2, -0.15) is 0 Å². The van der Waals surface area contributed by atoms with Gasteiger partial charge in [-0.25, -0.2) is 0 Å². The van der Waals surface area contributed by atoms with E-state index in [1.54, 1.807) is 23.0 Å². The van der Waals surface area contributed by atoms with Gasteiger partial charge in [-0.05, 0) is 30.3 Å². The standard InChI is InChI=1S/C20H14ClN5O4S/c21-15-9-8-14(26(28)29)11-16(15)22-18(27)12-31-20-24-23-19(17-7-4-10-30-17)25(20)13-5-2-1-3-6-13/h1-11H,12H2,(H,22,27). The number of nitro benzene ring substituents is 1. The second-order valence-electron chi connectivity index (χ2n) is 6.21. The third-order valence-electron chi connectivity index (χ3n) is 4.16. The van der Waals surface area contributed by atoms with Crippen LogP contribution in [0.2, 0.25) is 5.02 Å². The number of furan rings is 1. The number of hydrogen-bond donors (Lipinski definition) is 1. The fourth-order valence-electron chi connectivity index (χ4n) is 2.78. The average Bonchev–Trinajstić information content (AvgIpc) is 3.44. The minimum absolute atomic E-state index is 0.0118. The Morgan fingerprint density at radius 1 is 1.16 bits per heavy atom. The molecule has 0 aliphatic heterocycles. The number of nitrogens with zero attached hydrogens (tertiary/aromatic N) is 4. The molecule has 0 aliphatic carbocycles. The molecule has 11 heteroatoms. The number of benzene rings is 2. The van der Waals surface area contributed by atoms with E-state index in [0.29, 0.717) is 16.7 Å². The van der Waals surface area contributed by atoms with Crippen molar-refractivity contribution in [2.45, 2.75) is 5.16 Å². The first-order valence-corrected chi connectivity index (χ1v) is 10.3. The number of nitro groups is 1. The Labute approximate surface area is 185 Å². The van der Waals surface area contributed by atoms with E-state index in [1.165, 1.54) is 18.2 Å². The van der Waals surface area contributed by atoms with Crippen molar-refractivity contribution in [3.05, 3.63) is 82.1 Å². The molecule has 2 heterocycles. The number of non-ortho nitro benzene ring substituents is 1. The van der Waals surface area contributed by atoms with Crippen LogP contribution in [0.25, 0.3) is 17.3 Å². The van der Waals surface area contributed by atoms with Crippen LogP contribution in [0.3, 0.4) is 0 Å². The van der Waals surface area contributed by atoms with E-state index in [9.17, 15) is 14.9 Å². The van der Waals surface area contributed by atoms with Crippen molar-refractivity contribution in [2.24, 2.45) is 0 Å². The van der Waals surface area contributed by atoms with E-state index in [4.69, 9.17) is 16.0 Å². The van der Waals surface area contributed by atoms with Crippen LogP contribution in [0.4, 0.5) is 11.4 Å². The molecule has 9 nitrogen and oxygen atoms in total. The summed E-state index contributed by atoms with van der Waals surface area (Å²) in [5.41, 5.74) is 0.810. The number of rotatable bonds is 7. The number of hydrogen-bond acceptors (Lipinski definition) is 7. The number of amides is 1. The smallest absolute Gasteiger partial charge is 0.271 e. The van der Waals surface area contributed by atoms with E-state index in [2.05, 4.69) is 15.5 Å². The van der Waals surface area contributed by atoms with Gasteiger partial charge >= 0.3 is 0 Å². The van der Waals surface area contributed by atoms with Gasteiger partial charge in [0.15, 0.2) is 10.9 Å². The van der Waals surface area contributed by atoms with Crippen molar-refractivity contribution in [1.82, 2.24) is 14.8 Å². The number of nitrogens with one attached hydrogen (secondary N) is 1. The van der Waals surface area contributed by atoms with Gasteiger partial charge in [-0.1, -0.05) is 41.6 Å². The Hall–Kier alpha value is -3.63. The van der Waals surface area contributed by atoms with Gasteiger partial charge in [0.25, 0.3) is 5.69 Å². The fraction of sp³-hybridized carbons (Fsp3) is 0.0500. The number of carbonyl (C=O) groups is 1. The molecule has 2 aromatic carbocycles. The highest BCUT2D eigenvalue weighted by Crippen LogP contribution is 2.29. The number of aromatic nitrogens is 3. The molecule has 4 rings (SSSR count).